The molecule has 3 heterocycles. The van der Waals surface area contributed by atoms with Gasteiger partial charge in [0.05, 0.1) is 32.2 Å². The molecule has 0 bridgehead atoms. The monoisotopic (exact) mass is 547 g/mol. The van der Waals surface area contributed by atoms with Crippen LogP contribution in [0.5, 0.6) is 5.75 Å². The third-order valence-corrected chi connectivity index (χ3v) is 7.13. The zero-order valence-electron chi connectivity index (χ0n) is 20.0. The number of fused-ring (bicyclic) bond motifs is 1. The first kappa shape index (κ1) is 23.9. The number of nitrogens with one attached hydrogen (secondary N) is 1. The predicted molar refractivity (Wildman–Crippen MR) is 139 cm³/mol. The number of hydrogen-bond acceptors (Lipinski definition) is 4. The maximum absolute atomic E-state index is 13.9. The average Bonchev–Trinajstić information content (AvgIpc) is 3.56. The van der Waals surface area contributed by atoms with E-state index < -0.39 is 5.54 Å². The average molecular weight is 548 g/mol. The quantitative estimate of drug-likeness (QED) is 0.342. The van der Waals surface area contributed by atoms with E-state index in [0.29, 0.717) is 23.7 Å². The van der Waals surface area contributed by atoms with Crippen LogP contribution in [0.1, 0.15) is 28.5 Å². The van der Waals surface area contributed by atoms with Crippen molar-refractivity contribution < 1.29 is 18.7 Å². The lowest BCUT2D eigenvalue weighted by Gasteiger charge is -2.44. The summed E-state index contributed by atoms with van der Waals surface area (Å²) in [7, 11) is 1.59. The van der Waals surface area contributed by atoms with Gasteiger partial charge >= 0.3 is 0 Å². The smallest absolute Gasteiger partial charge is 0.271 e. The van der Waals surface area contributed by atoms with Crippen LogP contribution in [0.15, 0.2) is 87.9 Å². The molecule has 0 radical (unpaired) electrons. The maximum Gasteiger partial charge on any atom is 0.271 e. The van der Waals surface area contributed by atoms with E-state index in [9.17, 15) is 9.59 Å². The van der Waals surface area contributed by atoms with Gasteiger partial charge in [0.25, 0.3) is 5.91 Å². The van der Waals surface area contributed by atoms with Crippen molar-refractivity contribution in [3.63, 3.8) is 0 Å². The highest BCUT2D eigenvalue weighted by atomic mass is 79.9. The molecule has 36 heavy (non-hydrogen) atoms. The second kappa shape index (κ2) is 9.70. The van der Waals surface area contributed by atoms with Gasteiger partial charge in [0.2, 0.25) is 5.91 Å². The molecular formula is C28H26BrN3O4. The lowest BCUT2D eigenvalue weighted by atomic mass is 9.93. The van der Waals surface area contributed by atoms with Crippen molar-refractivity contribution in [1.82, 2.24) is 14.8 Å². The van der Waals surface area contributed by atoms with Crippen LogP contribution in [0.3, 0.4) is 0 Å². The number of hydrogen-bond donors (Lipinski definition) is 1. The van der Waals surface area contributed by atoms with Crippen LogP contribution < -0.4 is 10.1 Å². The van der Waals surface area contributed by atoms with E-state index in [1.54, 1.807) is 30.4 Å². The highest BCUT2D eigenvalue weighted by Crippen LogP contribution is 2.36. The number of amides is 2. The molecule has 2 aromatic carbocycles. The highest BCUT2D eigenvalue weighted by molar-refractivity contribution is 9.10. The molecule has 1 N–H and O–H groups in total. The summed E-state index contributed by atoms with van der Waals surface area (Å²) in [6, 6.07) is 22.6. The summed E-state index contributed by atoms with van der Waals surface area (Å²) in [6.45, 7) is 2.65. The first-order valence-electron chi connectivity index (χ1n) is 11.6. The van der Waals surface area contributed by atoms with Gasteiger partial charge < -0.3 is 23.9 Å². The number of ether oxygens (including phenoxy) is 1. The van der Waals surface area contributed by atoms with Crippen molar-refractivity contribution in [2.24, 2.45) is 0 Å². The number of carbonyl (C=O) groups excluding carboxylic acids is 2. The molecule has 2 aromatic heterocycles. The van der Waals surface area contributed by atoms with Crippen LogP contribution >= 0.6 is 15.9 Å². The van der Waals surface area contributed by atoms with Crippen LogP contribution in [0, 0.1) is 0 Å². The minimum absolute atomic E-state index is 0.206. The first-order valence-corrected chi connectivity index (χ1v) is 12.4. The third kappa shape index (κ3) is 4.33. The highest BCUT2D eigenvalue weighted by Gasteiger charge is 2.48. The van der Waals surface area contributed by atoms with Crippen LogP contribution in [0.2, 0.25) is 0 Å². The Balaban J connectivity index is 1.54. The summed E-state index contributed by atoms with van der Waals surface area (Å²) in [4.78, 5) is 29.4. The molecule has 8 heteroatoms. The molecule has 5 rings (SSSR count). The first-order chi connectivity index (χ1) is 17.4. The van der Waals surface area contributed by atoms with Gasteiger partial charge in [-0.3, -0.25) is 9.59 Å². The van der Waals surface area contributed by atoms with Crippen LogP contribution in [0.25, 0.3) is 11.5 Å². The van der Waals surface area contributed by atoms with E-state index in [1.807, 2.05) is 72.2 Å². The second-order valence-electron chi connectivity index (χ2n) is 8.96. The number of furan rings is 1. The molecule has 1 aliphatic rings. The van der Waals surface area contributed by atoms with E-state index in [1.165, 1.54) is 0 Å². The fraction of sp³-hybridized carbons (Fsp3) is 0.214. The molecule has 2 amide bonds. The number of rotatable bonds is 7. The van der Waals surface area contributed by atoms with Crippen molar-refractivity contribution in [3.8, 4) is 17.2 Å². The van der Waals surface area contributed by atoms with Gasteiger partial charge in [0.1, 0.15) is 22.7 Å². The topological polar surface area (TPSA) is 76.7 Å². The zero-order valence-corrected chi connectivity index (χ0v) is 21.6. The Bertz CT molecular complexity index is 1400. The maximum atomic E-state index is 13.9. The molecule has 0 fully saturated rings. The zero-order chi connectivity index (χ0) is 25.3. The Morgan fingerprint density at radius 1 is 1.08 bits per heavy atom. The Morgan fingerprint density at radius 2 is 1.86 bits per heavy atom. The number of nitrogens with zero attached hydrogens (tertiary/aromatic N) is 2. The third-order valence-electron chi connectivity index (χ3n) is 6.64. The molecule has 184 valence electrons. The van der Waals surface area contributed by atoms with Gasteiger partial charge in [0.15, 0.2) is 0 Å². The Labute approximate surface area is 217 Å². The van der Waals surface area contributed by atoms with Crippen LogP contribution in [-0.4, -0.2) is 33.9 Å². The summed E-state index contributed by atoms with van der Waals surface area (Å²) < 4.78 is 13.9. The molecule has 1 atom stereocenters. The number of halogens is 1. The number of benzene rings is 2. The summed E-state index contributed by atoms with van der Waals surface area (Å²) in [6.07, 6.45) is 1.59. The van der Waals surface area contributed by atoms with Crippen molar-refractivity contribution in [2.45, 2.75) is 32.1 Å². The van der Waals surface area contributed by atoms with Gasteiger partial charge in [-0.25, -0.2) is 0 Å². The van der Waals surface area contributed by atoms with E-state index >= 15 is 0 Å². The molecule has 0 spiro atoms. The molecule has 0 saturated carbocycles. The number of carbonyl (C=O) groups is 2. The SMILES string of the molecule is COc1ccc(Br)cc1CN1C(=O)c2ccc(-c3ccco3)n2C[C@]1(C)C(=O)NCc1ccccc1. The van der Waals surface area contributed by atoms with Gasteiger partial charge in [-0.2, -0.15) is 0 Å². The van der Waals surface area contributed by atoms with E-state index in [4.69, 9.17) is 9.15 Å². The number of aromatic nitrogens is 1. The van der Waals surface area contributed by atoms with Gasteiger partial charge in [0, 0.05) is 16.6 Å². The van der Waals surface area contributed by atoms with E-state index in [2.05, 4.69) is 21.2 Å². The van der Waals surface area contributed by atoms with Gasteiger partial charge in [-0.15, -0.1) is 0 Å². The Kier molecular flexibility index (Phi) is 6.45. The van der Waals surface area contributed by atoms with Crippen LogP contribution in [0.4, 0.5) is 0 Å². The van der Waals surface area contributed by atoms with E-state index in [0.717, 1.165) is 21.3 Å². The lowest BCUT2D eigenvalue weighted by molar-refractivity contribution is -0.133. The Morgan fingerprint density at radius 3 is 2.58 bits per heavy atom. The largest absolute Gasteiger partial charge is 0.496 e. The van der Waals surface area contributed by atoms with Gasteiger partial charge in [-0.05, 0) is 55.0 Å². The molecule has 0 aliphatic carbocycles. The predicted octanol–water partition coefficient (Wildman–Crippen LogP) is 5.25. The molecule has 0 saturated heterocycles. The summed E-state index contributed by atoms with van der Waals surface area (Å²) in [5.74, 6) is 0.815. The van der Waals surface area contributed by atoms with Crippen molar-refractivity contribution in [2.75, 3.05) is 7.11 Å². The molecule has 4 aromatic rings. The van der Waals surface area contributed by atoms with Crippen LogP contribution in [-0.2, 0) is 24.4 Å². The second-order valence-corrected chi connectivity index (χ2v) is 9.87. The number of methoxy groups -OCH3 is 1. The summed E-state index contributed by atoms with van der Waals surface area (Å²) >= 11 is 3.51. The fourth-order valence-corrected chi connectivity index (χ4v) is 5.08. The van der Waals surface area contributed by atoms with Crippen molar-refractivity contribution in [1.29, 1.82) is 0 Å². The van der Waals surface area contributed by atoms with Gasteiger partial charge in [-0.1, -0.05) is 46.3 Å². The molecule has 7 nitrogen and oxygen atoms in total. The lowest BCUT2D eigenvalue weighted by Crippen LogP contribution is -2.63. The molecular weight excluding hydrogens is 522 g/mol. The molecule has 1 aliphatic heterocycles. The Hall–Kier alpha value is -3.78. The van der Waals surface area contributed by atoms with Crippen molar-refractivity contribution in [3.05, 3.63) is 100 Å². The minimum atomic E-state index is -1.17. The normalized spacial score (nSPS) is 17.1. The minimum Gasteiger partial charge on any atom is -0.496 e. The fourth-order valence-electron chi connectivity index (χ4n) is 4.67. The summed E-state index contributed by atoms with van der Waals surface area (Å²) in [5, 5.41) is 3.05. The molecule has 0 unspecified atom stereocenters. The summed E-state index contributed by atoms with van der Waals surface area (Å²) in [5.41, 5.74) is 1.86. The van der Waals surface area contributed by atoms with E-state index in [-0.39, 0.29) is 24.9 Å². The van der Waals surface area contributed by atoms with Crippen molar-refractivity contribution >= 4 is 27.7 Å². The standard InChI is InChI=1S/C28H26BrN3O4/c1-28(27(34)30-16-19-7-4-3-5-8-19)18-31-22(25-9-6-14-36-25)11-12-23(31)26(33)32(28)17-20-15-21(29)10-13-24(20)35-2/h3-15H,16-18H2,1-2H3,(H,30,34)/t28-/m1/s1.